The van der Waals surface area contributed by atoms with Crippen LogP contribution in [-0.4, -0.2) is 56.5 Å². The van der Waals surface area contributed by atoms with Gasteiger partial charge in [-0.3, -0.25) is 4.90 Å². The maximum Gasteiger partial charge on any atom is 0.166 e. The quantitative estimate of drug-likeness (QED) is 0.559. The minimum Gasteiger partial charge on any atom is -0.497 e. The Bertz CT molecular complexity index is 1260. The molecule has 3 unspecified atom stereocenters. The molecule has 2 spiro atoms. The average Bonchev–Trinajstić information content (AvgIpc) is 3.70. The standard InChI is InChI=1S/C32H40N2O4/c1-35-24-8-5-21(6-9-24)19-37-25-10-7-22-15-26-30-11-12-32(36-2,23(16-30)17-33)29-31(30,27(22)28(25)38-29)13-14-34(26)18-20-3-4-20/h5-10,20,23,26,29H,3-4,11-19,33H2,1-2H3/t23?,26-,29?,30-,31+,32?/m1/s1. The molecule has 0 amide bonds. The fraction of sp³-hybridized carbons (Fsp3) is 0.625. The molecule has 2 aliphatic heterocycles. The van der Waals surface area contributed by atoms with E-state index in [2.05, 4.69) is 29.2 Å². The van der Waals surface area contributed by atoms with Gasteiger partial charge in [0, 0.05) is 42.0 Å². The van der Waals surface area contributed by atoms with Crippen molar-refractivity contribution in [1.29, 1.82) is 0 Å². The van der Waals surface area contributed by atoms with Crippen LogP contribution in [0.25, 0.3) is 0 Å². The third-order valence-corrected chi connectivity index (χ3v) is 11.6. The lowest BCUT2D eigenvalue weighted by Crippen LogP contribution is -2.81. The van der Waals surface area contributed by atoms with Gasteiger partial charge in [0.15, 0.2) is 11.5 Å². The second kappa shape index (κ2) is 8.12. The molecule has 7 aliphatic rings. The summed E-state index contributed by atoms with van der Waals surface area (Å²) in [6.45, 7) is 3.58. The number of nitrogens with zero attached hydrogens (tertiary/aromatic N) is 1. The molecule has 6 nitrogen and oxygen atoms in total. The number of likely N-dealkylation sites (tertiary alicyclic amines) is 1. The van der Waals surface area contributed by atoms with E-state index in [4.69, 9.17) is 24.7 Å². The number of rotatable bonds is 8. The van der Waals surface area contributed by atoms with Gasteiger partial charge in [-0.25, -0.2) is 0 Å². The first-order chi connectivity index (χ1) is 18.6. The van der Waals surface area contributed by atoms with Gasteiger partial charge < -0.3 is 24.7 Å². The number of fused-ring (bicyclic) bond motifs is 2. The molecule has 2 aromatic rings. The highest BCUT2D eigenvalue weighted by molar-refractivity contribution is 5.63. The maximum atomic E-state index is 7.17. The molecule has 6 heteroatoms. The van der Waals surface area contributed by atoms with Crippen molar-refractivity contribution in [1.82, 2.24) is 4.90 Å². The zero-order valence-electron chi connectivity index (χ0n) is 22.7. The van der Waals surface area contributed by atoms with Gasteiger partial charge in [0.2, 0.25) is 0 Å². The fourth-order valence-corrected chi connectivity index (χ4v) is 9.81. The van der Waals surface area contributed by atoms with Crippen LogP contribution in [0.3, 0.4) is 0 Å². The third kappa shape index (κ3) is 2.84. The molecule has 202 valence electrons. The first-order valence-corrected chi connectivity index (χ1v) is 14.7. The summed E-state index contributed by atoms with van der Waals surface area (Å²) < 4.78 is 25.5. The predicted molar refractivity (Wildman–Crippen MR) is 145 cm³/mol. The monoisotopic (exact) mass is 516 g/mol. The highest BCUT2D eigenvalue weighted by atomic mass is 16.6. The second-order valence-corrected chi connectivity index (χ2v) is 12.9. The van der Waals surface area contributed by atoms with Gasteiger partial charge in [-0.2, -0.15) is 0 Å². The van der Waals surface area contributed by atoms with Crippen LogP contribution in [0.5, 0.6) is 17.2 Å². The number of hydrogen-bond donors (Lipinski definition) is 1. The Kier molecular flexibility index (Phi) is 5.04. The number of hydrogen-bond acceptors (Lipinski definition) is 6. The Hall–Kier alpha value is -2.28. The molecule has 4 bridgehead atoms. The van der Waals surface area contributed by atoms with E-state index in [0.29, 0.717) is 25.1 Å². The van der Waals surface area contributed by atoms with Crippen LogP contribution in [0.4, 0.5) is 0 Å². The van der Waals surface area contributed by atoms with Crippen LogP contribution in [0.15, 0.2) is 36.4 Å². The molecule has 2 aromatic carbocycles. The number of piperidine rings is 1. The van der Waals surface area contributed by atoms with Gasteiger partial charge >= 0.3 is 0 Å². The first-order valence-electron chi connectivity index (χ1n) is 14.7. The zero-order valence-corrected chi connectivity index (χ0v) is 22.7. The van der Waals surface area contributed by atoms with E-state index in [1.165, 1.54) is 36.9 Å². The van der Waals surface area contributed by atoms with Gasteiger partial charge in [-0.1, -0.05) is 18.2 Å². The van der Waals surface area contributed by atoms with E-state index in [1.54, 1.807) is 7.11 Å². The lowest BCUT2D eigenvalue weighted by molar-refractivity contribution is -0.275. The number of methoxy groups -OCH3 is 2. The van der Waals surface area contributed by atoms with Crippen molar-refractivity contribution < 1.29 is 18.9 Å². The minimum absolute atomic E-state index is 0.00131. The summed E-state index contributed by atoms with van der Waals surface area (Å²) in [4.78, 5) is 2.88. The Balaban J connectivity index is 1.23. The van der Waals surface area contributed by atoms with Crippen LogP contribution in [0, 0.1) is 17.3 Å². The summed E-state index contributed by atoms with van der Waals surface area (Å²) in [6, 6.07) is 13.2. The number of ether oxygens (including phenoxy) is 4. The van der Waals surface area contributed by atoms with Crippen LogP contribution in [-0.2, 0) is 23.2 Å². The van der Waals surface area contributed by atoms with Crippen LogP contribution in [0.1, 0.15) is 55.2 Å². The van der Waals surface area contributed by atoms with Crippen LogP contribution >= 0.6 is 0 Å². The molecule has 2 N–H and O–H groups in total. The van der Waals surface area contributed by atoms with Crippen molar-refractivity contribution in [2.45, 2.75) is 74.7 Å². The van der Waals surface area contributed by atoms with E-state index < -0.39 is 0 Å². The summed E-state index contributed by atoms with van der Waals surface area (Å²) in [6.07, 6.45) is 8.46. The van der Waals surface area contributed by atoms with Crippen molar-refractivity contribution in [2.75, 3.05) is 33.9 Å². The SMILES string of the molecule is COc1ccc(COc2ccc3c4c2OC2C5(OC)CC[C@@]6(CC5CN)[C@@H](C3)N(CC3CC3)CC[C@]426)cc1. The van der Waals surface area contributed by atoms with Crippen molar-refractivity contribution in [3.63, 3.8) is 0 Å². The lowest BCUT2D eigenvalue weighted by Gasteiger charge is -2.74. The minimum atomic E-state index is -0.333. The largest absolute Gasteiger partial charge is 0.497 e. The van der Waals surface area contributed by atoms with E-state index in [1.807, 2.05) is 19.2 Å². The highest BCUT2D eigenvalue weighted by Gasteiger charge is 2.80. The summed E-state index contributed by atoms with van der Waals surface area (Å²) >= 11 is 0. The molecule has 5 fully saturated rings. The molecule has 6 atom stereocenters. The summed E-state index contributed by atoms with van der Waals surface area (Å²) in [5, 5.41) is 0. The summed E-state index contributed by atoms with van der Waals surface area (Å²) in [5.41, 5.74) is 10.4. The molecule has 1 saturated heterocycles. The maximum absolute atomic E-state index is 7.17. The van der Waals surface area contributed by atoms with Gasteiger partial charge in [0.25, 0.3) is 0 Å². The predicted octanol–water partition coefficient (Wildman–Crippen LogP) is 4.46. The zero-order chi connectivity index (χ0) is 25.7. The smallest absolute Gasteiger partial charge is 0.166 e. The molecule has 9 rings (SSSR count). The topological polar surface area (TPSA) is 66.2 Å². The first kappa shape index (κ1) is 23.6. The lowest BCUT2D eigenvalue weighted by atomic mass is 9.35. The molecule has 4 saturated carbocycles. The van der Waals surface area contributed by atoms with Crippen molar-refractivity contribution in [2.24, 2.45) is 23.0 Å². The molecular weight excluding hydrogens is 476 g/mol. The Morgan fingerprint density at radius 1 is 1.05 bits per heavy atom. The van der Waals surface area contributed by atoms with E-state index in [9.17, 15) is 0 Å². The molecule has 0 aromatic heterocycles. The van der Waals surface area contributed by atoms with Gasteiger partial charge in [0.05, 0.1) is 7.11 Å². The Labute approximate surface area is 225 Å². The molecule has 0 radical (unpaired) electrons. The van der Waals surface area contributed by atoms with Gasteiger partial charge in [-0.15, -0.1) is 0 Å². The van der Waals surface area contributed by atoms with Crippen molar-refractivity contribution in [3.05, 3.63) is 53.1 Å². The molecule has 38 heavy (non-hydrogen) atoms. The number of nitrogens with two attached hydrogens (primary N) is 1. The van der Waals surface area contributed by atoms with E-state index in [-0.39, 0.29) is 22.5 Å². The van der Waals surface area contributed by atoms with E-state index in [0.717, 1.165) is 61.0 Å². The van der Waals surface area contributed by atoms with Crippen LogP contribution < -0.4 is 19.9 Å². The Morgan fingerprint density at radius 2 is 1.89 bits per heavy atom. The normalized spacial score (nSPS) is 38.0. The average molecular weight is 517 g/mol. The summed E-state index contributed by atoms with van der Waals surface area (Å²) in [5.74, 6) is 3.93. The molecule has 2 heterocycles. The Morgan fingerprint density at radius 3 is 2.63 bits per heavy atom. The van der Waals surface area contributed by atoms with Gasteiger partial charge in [-0.05, 0) is 93.3 Å². The molecular formula is C32H40N2O4. The second-order valence-electron chi connectivity index (χ2n) is 12.9. The fourth-order valence-electron chi connectivity index (χ4n) is 9.81. The van der Waals surface area contributed by atoms with Crippen molar-refractivity contribution >= 4 is 0 Å². The van der Waals surface area contributed by atoms with Crippen LogP contribution in [0.2, 0.25) is 0 Å². The van der Waals surface area contributed by atoms with Gasteiger partial charge in [0.1, 0.15) is 24.1 Å². The highest BCUT2D eigenvalue weighted by Crippen LogP contribution is 2.76. The van der Waals surface area contributed by atoms with Crippen molar-refractivity contribution in [3.8, 4) is 17.2 Å². The third-order valence-electron chi connectivity index (χ3n) is 11.6. The number of benzene rings is 2. The van der Waals surface area contributed by atoms with E-state index >= 15 is 0 Å². The molecule has 5 aliphatic carbocycles. The summed E-state index contributed by atoms with van der Waals surface area (Å²) in [7, 11) is 3.59.